The second-order valence-electron chi connectivity index (χ2n) is 2.88. The maximum absolute atomic E-state index is 13.1. The summed E-state index contributed by atoms with van der Waals surface area (Å²) in [6, 6.07) is 5.32. The van der Waals surface area contributed by atoms with E-state index < -0.39 is 0 Å². The largest absolute Gasteiger partial charge is 0.207 e. The predicted octanol–water partition coefficient (Wildman–Crippen LogP) is 4.07. The van der Waals surface area contributed by atoms with Crippen LogP contribution in [0.1, 0.15) is 4.88 Å². The molecule has 0 amide bonds. The molecule has 2 aromatic rings. The van der Waals surface area contributed by atoms with Gasteiger partial charge in [0.1, 0.15) is 5.82 Å². The van der Waals surface area contributed by atoms with Gasteiger partial charge in [0, 0.05) is 19.9 Å². The van der Waals surface area contributed by atoms with Gasteiger partial charge in [0.15, 0.2) is 0 Å². The van der Waals surface area contributed by atoms with Crippen LogP contribution in [0.5, 0.6) is 0 Å². The molecule has 0 aliphatic heterocycles. The number of hydrogen-bond acceptors (Lipinski definition) is 2. The Hall–Kier alpha value is -0.540. The summed E-state index contributed by atoms with van der Waals surface area (Å²) in [6.07, 6.45) is 1.97. The Morgan fingerprint density at radius 2 is 2.08 bits per heavy atom. The third kappa shape index (κ3) is 1.58. The van der Waals surface area contributed by atoms with Gasteiger partial charge in [-0.15, -0.1) is 23.1 Å². The molecule has 13 heavy (non-hydrogen) atoms. The lowest BCUT2D eigenvalue weighted by Gasteiger charge is -1.98. The Kier molecular flexibility index (Phi) is 2.30. The smallest absolute Gasteiger partial charge is 0.125 e. The summed E-state index contributed by atoms with van der Waals surface area (Å²) in [6.45, 7) is 2.05. The van der Waals surface area contributed by atoms with E-state index in [4.69, 9.17) is 0 Å². The number of benzene rings is 1. The van der Waals surface area contributed by atoms with Gasteiger partial charge in [-0.25, -0.2) is 4.39 Å². The molecule has 68 valence electrons. The highest BCUT2D eigenvalue weighted by Gasteiger charge is 2.05. The number of aryl methyl sites for hydroxylation is 1. The van der Waals surface area contributed by atoms with Gasteiger partial charge in [-0.2, -0.15) is 0 Å². The summed E-state index contributed by atoms with van der Waals surface area (Å²) in [4.78, 5) is 2.26. The van der Waals surface area contributed by atoms with E-state index >= 15 is 0 Å². The fourth-order valence-electron chi connectivity index (χ4n) is 1.37. The average molecular weight is 212 g/mol. The summed E-state index contributed by atoms with van der Waals surface area (Å²) in [5, 5.41) is 1.18. The van der Waals surface area contributed by atoms with Crippen molar-refractivity contribution in [3.8, 4) is 0 Å². The Balaban J connectivity index is 2.80. The van der Waals surface area contributed by atoms with Gasteiger partial charge < -0.3 is 0 Å². The maximum Gasteiger partial charge on any atom is 0.125 e. The molecule has 0 saturated heterocycles. The summed E-state index contributed by atoms with van der Waals surface area (Å²) in [7, 11) is 0. The molecule has 1 aromatic heterocycles. The number of hydrogen-bond donors (Lipinski definition) is 0. The monoisotopic (exact) mass is 212 g/mol. The van der Waals surface area contributed by atoms with Crippen molar-refractivity contribution in [3.63, 3.8) is 0 Å². The van der Waals surface area contributed by atoms with Crippen molar-refractivity contribution < 1.29 is 4.39 Å². The van der Waals surface area contributed by atoms with E-state index in [9.17, 15) is 4.39 Å². The van der Waals surface area contributed by atoms with Crippen LogP contribution in [0.25, 0.3) is 10.1 Å². The number of fused-ring (bicyclic) bond motifs is 1. The van der Waals surface area contributed by atoms with Crippen molar-refractivity contribution in [3.05, 3.63) is 28.9 Å². The summed E-state index contributed by atoms with van der Waals surface area (Å²) in [5.74, 6) is -0.140. The number of thioether (sulfide) groups is 1. The van der Waals surface area contributed by atoms with E-state index in [-0.39, 0.29) is 5.82 Å². The van der Waals surface area contributed by atoms with Gasteiger partial charge in [0.2, 0.25) is 0 Å². The average Bonchev–Trinajstić information content (AvgIpc) is 2.43. The van der Waals surface area contributed by atoms with Crippen LogP contribution in [0.15, 0.2) is 23.1 Å². The van der Waals surface area contributed by atoms with Crippen LogP contribution in [0.3, 0.4) is 0 Å². The number of halogens is 1. The highest BCUT2D eigenvalue weighted by atomic mass is 32.2. The molecule has 0 unspecified atom stereocenters. The molecule has 1 heterocycles. The number of thiophene rings is 1. The molecule has 0 aliphatic carbocycles. The van der Waals surface area contributed by atoms with Crippen molar-refractivity contribution in [2.75, 3.05) is 6.26 Å². The van der Waals surface area contributed by atoms with Crippen LogP contribution >= 0.6 is 23.1 Å². The summed E-state index contributed by atoms with van der Waals surface area (Å²) in [5.41, 5.74) is 0. The predicted molar refractivity (Wildman–Crippen MR) is 58.3 cm³/mol. The molecular weight excluding hydrogens is 203 g/mol. The van der Waals surface area contributed by atoms with E-state index in [0.29, 0.717) is 0 Å². The lowest BCUT2D eigenvalue weighted by atomic mass is 10.2. The SMILES string of the molecule is CSc1cc(F)cc2sc(C)cc12. The minimum atomic E-state index is -0.140. The van der Waals surface area contributed by atoms with Gasteiger partial charge in [-0.05, 0) is 31.4 Å². The van der Waals surface area contributed by atoms with Crippen LogP contribution in [0, 0.1) is 12.7 Å². The first kappa shape index (κ1) is 9.03. The van der Waals surface area contributed by atoms with E-state index in [1.54, 1.807) is 35.2 Å². The van der Waals surface area contributed by atoms with E-state index in [1.807, 2.05) is 13.2 Å². The van der Waals surface area contributed by atoms with Crippen molar-refractivity contribution in [1.82, 2.24) is 0 Å². The Labute approximate surface area is 84.8 Å². The molecule has 3 heteroatoms. The molecule has 0 bridgehead atoms. The van der Waals surface area contributed by atoms with Crippen molar-refractivity contribution in [1.29, 1.82) is 0 Å². The molecule has 1 aromatic carbocycles. The first-order valence-corrected chi connectivity index (χ1v) is 5.98. The normalized spacial score (nSPS) is 11.0. The van der Waals surface area contributed by atoms with Gasteiger partial charge >= 0.3 is 0 Å². The molecule has 0 saturated carbocycles. The highest BCUT2D eigenvalue weighted by molar-refractivity contribution is 7.98. The lowest BCUT2D eigenvalue weighted by Crippen LogP contribution is -1.75. The van der Waals surface area contributed by atoms with E-state index in [1.165, 1.54) is 10.3 Å². The minimum absolute atomic E-state index is 0.140. The first-order valence-electron chi connectivity index (χ1n) is 3.94. The molecule has 0 atom stereocenters. The number of rotatable bonds is 1. The zero-order valence-electron chi connectivity index (χ0n) is 7.43. The van der Waals surface area contributed by atoms with Gasteiger partial charge in [0.05, 0.1) is 0 Å². The van der Waals surface area contributed by atoms with Crippen LogP contribution in [-0.4, -0.2) is 6.26 Å². The fourth-order valence-corrected chi connectivity index (χ4v) is 3.03. The standard InChI is InChI=1S/C10H9FS2/c1-6-3-8-9(12-2)4-7(11)5-10(8)13-6/h3-5H,1-2H3. The van der Waals surface area contributed by atoms with Crippen molar-refractivity contribution in [2.24, 2.45) is 0 Å². The summed E-state index contributed by atoms with van der Waals surface area (Å²) < 4.78 is 14.1. The molecule has 0 radical (unpaired) electrons. The molecule has 0 N–H and O–H groups in total. The molecule has 0 spiro atoms. The van der Waals surface area contributed by atoms with Crippen molar-refractivity contribution in [2.45, 2.75) is 11.8 Å². The molecule has 0 fully saturated rings. The van der Waals surface area contributed by atoms with Gasteiger partial charge in [-0.3, -0.25) is 0 Å². The zero-order chi connectivity index (χ0) is 9.42. The molecule has 2 rings (SSSR count). The molecule has 0 nitrogen and oxygen atoms in total. The summed E-state index contributed by atoms with van der Waals surface area (Å²) >= 11 is 3.23. The van der Waals surface area contributed by atoms with Crippen molar-refractivity contribution >= 4 is 33.2 Å². The third-order valence-corrected chi connectivity index (χ3v) is 3.68. The van der Waals surface area contributed by atoms with Crippen LogP contribution in [-0.2, 0) is 0 Å². The van der Waals surface area contributed by atoms with Crippen LogP contribution in [0.4, 0.5) is 4.39 Å². The topological polar surface area (TPSA) is 0 Å². The zero-order valence-corrected chi connectivity index (χ0v) is 9.06. The minimum Gasteiger partial charge on any atom is -0.207 e. The van der Waals surface area contributed by atoms with E-state index in [2.05, 4.69) is 6.07 Å². The Morgan fingerprint density at radius 3 is 2.77 bits per heavy atom. The Morgan fingerprint density at radius 1 is 1.31 bits per heavy atom. The maximum atomic E-state index is 13.1. The van der Waals surface area contributed by atoms with Crippen LogP contribution in [0.2, 0.25) is 0 Å². The van der Waals surface area contributed by atoms with E-state index in [0.717, 1.165) is 9.60 Å². The van der Waals surface area contributed by atoms with Crippen LogP contribution < -0.4 is 0 Å². The van der Waals surface area contributed by atoms with Gasteiger partial charge in [-0.1, -0.05) is 0 Å². The first-order chi connectivity index (χ1) is 6.20. The Bertz CT molecular complexity index is 445. The fraction of sp³-hybridized carbons (Fsp3) is 0.200. The lowest BCUT2D eigenvalue weighted by molar-refractivity contribution is 0.627. The molecule has 0 aliphatic rings. The highest BCUT2D eigenvalue weighted by Crippen LogP contribution is 2.33. The second-order valence-corrected chi connectivity index (χ2v) is 5.01. The quantitative estimate of drug-likeness (QED) is 0.642. The van der Waals surface area contributed by atoms with Gasteiger partial charge in [0.25, 0.3) is 0 Å². The second kappa shape index (κ2) is 3.31. The molecular formula is C10H9FS2. The third-order valence-electron chi connectivity index (χ3n) is 1.91.